The molecule has 0 saturated heterocycles. The molecule has 1 aromatic carbocycles. The van der Waals surface area contributed by atoms with E-state index in [-0.39, 0.29) is 17.0 Å². The lowest BCUT2D eigenvalue weighted by atomic mass is 10.1. The third-order valence-electron chi connectivity index (χ3n) is 4.28. The molecule has 0 fully saturated rings. The second-order valence-corrected chi connectivity index (χ2v) is 7.66. The van der Waals surface area contributed by atoms with Gasteiger partial charge in [-0.3, -0.25) is 10.1 Å². The molecular formula is C20H22N2O4S2. The van der Waals surface area contributed by atoms with Crippen molar-refractivity contribution in [1.29, 1.82) is 0 Å². The molecule has 8 heteroatoms. The molecule has 1 amide bonds. The highest BCUT2D eigenvalue weighted by atomic mass is 32.1. The second kappa shape index (κ2) is 9.16. The van der Waals surface area contributed by atoms with Gasteiger partial charge in [-0.25, -0.2) is 4.79 Å². The number of aryl methyl sites for hydroxylation is 1. The summed E-state index contributed by atoms with van der Waals surface area (Å²) in [6.07, 6.45) is 2.83. The molecule has 3 rings (SSSR count). The summed E-state index contributed by atoms with van der Waals surface area (Å²) in [5.41, 5.74) is 2.04. The second-order valence-electron chi connectivity index (χ2n) is 6.15. The number of thiophene rings is 1. The maximum absolute atomic E-state index is 12.4. The molecule has 28 heavy (non-hydrogen) atoms. The van der Waals surface area contributed by atoms with Crippen molar-refractivity contribution in [2.24, 2.45) is 0 Å². The van der Waals surface area contributed by atoms with E-state index in [1.165, 1.54) is 16.2 Å². The number of thiocarbonyl (C=S) groups is 1. The summed E-state index contributed by atoms with van der Waals surface area (Å²) in [5.74, 6) is 0.0132. The minimum Gasteiger partial charge on any atom is -0.494 e. The predicted molar refractivity (Wildman–Crippen MR) is 114 cm³/mol. The monoisotopic (exact) mass is 418 g/mol. The third-order valence-corrected chi connectivity index (χ3v) is 5.69. The first-order valence-corrected chi connectivity index (χ1v) is 10.4. The van der Waals surface area contributed by atoms with Crippen LogP contribution in [0.3, 0.4) is 0 Å². The van der Waals surface area contributed by atoms with Crippen LogP contribution < -0.4 is 15.4 Å². The fourth-order valence-electron chi connectivity index (χ4n) is 3.09. The fraction of sp³-hybridized carbons (Fsp3) is 0.350. The number of hydrogen-bond acceptors (Lipinski definition) is 6. The van der Waals surface area contributed by atoms with Crippen molar-refractivity contribution in [1.82, 2.24) is 5.32 Å². The molecule has 148 valence electrons. The van der Waals surface area contributed by atoms with Gasteiger partial charge in [-0.05, 0) is 75.2 Å². The zero-order valence-corrected chi connectivity index (χ0v) is 17.4. The number of nitrogens with one attached hydrogen (secondary N) is 2. The largest absolute Gasteiger partial charge is 0.494 e. The summed E-state index contributed by atoms with van der Waals surface area (Å²) < 4.78 is 10.6. The minimum atomic E-state index is -0.356. The van der Waals surface area contributed by atoms with Crippen molar-refractivity contribution >= 4 is 45.5 Å². The van der Waals surface area contributed by atoms with Crippen LogP contribution in [0.25, 0.3) is 0 Å². The Labute approximate surface area is 173 Å². The van der Waals surface area contributed by atoms with E-state index in [0.717, 1.165) is 24.8 Å². The summed E-state index contributed by atoms with van der Waals surface area (Å²) in [6.45, 7) is 4.55. The van der Waals surface area contributed by atoms with Crippen LogP contribution in [0, 0.1) is 0 Å². The Balaban J connectivity index is 1.69. The molecule has 2 N–H and O–H groups in total. The maximum atomic E-state index is 12.4. The molecular weight excluding hydrogens is 396 g/mol. The van der Waals surface area contributed by atoms with E-state index < -0.39 is 0 Å². The Morgan fingerprint density at radius 3 is 2.57 bits per heavy atom. The van der Waals surface area contributed by atoms with Gasteiger partial charge in [0.2, 0.25) is 0 Å². The first-order valence-electron chi connectivity index (χ1n) is 9.20. The van der Waals surface area contributed by atoms with Crippen molar-refractivity contribution in [3.63, 3.8) is 0 Å². The first kappa shape index (κ1) is 20.3. The lowest BCUT2D eigenvalue weighted by Crippen LogP contribution is -2.34. The zero-order valence-electron chi connectivity index (χ0n) is 15.8. The van der Waals surface area contributed by atoms with Crippen LogP contribution >= 0.6 is 23.6 Å². The van der Waals surface area contributed by atoms with E-state index >= 15 is 0 Å². The van der Waals surface area contributed by atoms with Gasteiger partial charge in [0, 0.05) is 10.4 Å². The third kappa shape index (κ3) is 4.51. The zero-order chi connectivity index (χ0) is 20.1. The van der Waals surface area contributed by atoms with Gasteiger partial charge in [0.25, 0.3) is 5.91 Å². The van der Waals surface area contributed by atoms with E-state index in [4.69, 9.17) is 21.7 Å². The molecule has 0 atom stereocenters. The molecule has 1 aliphatic rings. The number of benzene rings is 1. The number of carbonyl (C=O) groups excluding carboxylic acids is 2. The van der Waals surface area contributed by atoms with Crippen LogP contribution in [0.5, 0.6) is 5.75 Å². The van der Waals surface area contributed by atoms with E-state index in [1.54, 1.807) is 31.2 Å². The highest BCUT2D eigenvalue weighted by molar-refractivity contribution is 7.80. The van der Waals surface area contributed by atoms with E-state index in [0.29, 0.717) is 35.1 Å². The Morgan fingerprint density at radius 2 is 1.89 bits per heavy atom. The number of hydrogen-bond donors (Lipinski definition) is 2. The SMILES string of the molecule is CCOC(=O)c1c(NC(=S)NC(=O)c2ccc(OCC)cc2)sc2c1CCC2. The Bertz CT molecular complexity index is 890. The van der Waals surface area contributed by atoms with Gasteiger partial charge in [-0.1, -0.05) is 0 Å². The van der Waals surface area contributed by atoms with Gasteiger partial charge in [0.05, 0.1) is 18.8 Å². The Kier molecular flexibility index (Phi) is 6.64. The standard InChI is InChI=1S/C20H22N2O4S2/c1-3-25-13-10-8-12(9-11-13)17(23)21-20(27)22-18-16(19(24)26-4-2)14-6-5-7-15(14)28-18/h8-11H,3-7H2,1-2H3,(H2,21,22,23,27). The average Bonchev–Trinajstić information content (AvgIpc) is 3.23. The van der Waals surface area contributed by atoms with Crippen molar-refractivity contribution in [2.75, 3.05) is 18.5 Å². The van der Waals surface area contributed by atoms with Crippen LogP contribution in [0.2, 0.25) is 0 Å². The lowest BCUT2D eigenvalue weighted by Gasteiger charge is -2.11. The van der Waals surface area contributed by atoms with Gasteiger partial charge in [0.15, 0.2) is 5.11 Å². The van der Waals surface area contributed by atoms with Crippen molar-refractivity contribution in [2.45, 2.75) is 33.1 Å². The van der Waals surface area contributed by atoms with Gasteiger partial charge in [-0.15, -0.1) is 11.3 Å². The summed E-state index contributed by atoms with van der Waals surface area (Å²) in [6, 6.07) is 6.81. The molecule has 0 bridgehead atoms. The van der Waals surface area contributed by atoms with E-state index in [9.17, 15) is 9.59 Å². The van der Waals surface area contributed by atoms with Gasteiger partial charge < -0.3 is 14.8 Å². The topological polar surface area (TPSA) is 76.7 Å². The molecule has 0 aliphatic heterocycles. The molecule has 0 spiro atoms. The normalized spacial score (nSPS) is 12.2. The minimum absolute atomic E-state index is 0.143. The number of esters is 1. The molecule has 2 aromatic rings. The van der Waals surface area contributed by atoms with Gasteiger partial charge >= 0.3 is 5.97 Å². The average molecular weight is 419 g/mol. The maximum Gasteiger partial charge on any atom is 0.341 e. The molecule has 1 aliphatic carbocycles. The highest BCUT2D eigenvalue weighted by Gasteiger charge is 2.28. The molecule has 0 unspecified atom stereocenters. The highest BCUT2D eigenvalue weighted by Crippen LogP contribution is 2.39. The number of rotatable bonds is 6. The Hall–Kier alpha value is -2.45. The summed E-state index contributed by atoms with van der Waals surface area (Å²) >= 11 is 6.78. The molecule has 0 saturated carbocycles. The molecule has 1 heterocycles. The van der Waals surface area contributed by atoms with Crippen molar-refractivity contribution in [3.05, 3.63) is 45.8 Å². The van der Waals surface area contributed by atoms with Crippen LogP contribution in [0.15, 0.2) is 24.3 Å². The smallest absolute Gasteiger partial charge is 0.341 e. The fourth-order valence-corrected chi connectivity index (χ4v) is 4.63. The summed E-state index contributed by atoms with van der Waals surface area (Å²) in [4.78, 5) is 26.0. The number of fused-ring (bicyclic) bond motifs is 1. The van der Waals surface area contributed by atoms with Crippen LogP contribution in [0.4, 0.5) is 5.00 Å². The van der Waals surface area contributed by atoms with Crippen LogP contribution in [-0.4, -0.2) is 30.2 Å². The van der Waals surface area contributed by atoms with Crippen molar-refractivity contribution < 1.29 is 19.1 Å². The van der Waals surface area contributed by atoms with Crippen molar-refractivity contribution in [3.8, 4) is 5.75 Å². The quantitative estimate of drug-likeness (QED) is 0.547. The molecule has 0 radical (unpaired) electrons. The van der Waals surface area contributed by atoms with Gasteiger partial charge in [0.1, 0.15) is 10.8 Å². The number of anilines is 1. The molecule has 6 nitrogen and oxygen atoms in total. The number of carbonyl (C=O) groups is 2. The summed E-state index contributed by atoms with van der Waals surface area (Å²) in [5, 5.41) is 6.43. The van der Waals surface area contributed by atoms with Crippen LogP contribution in [-0.2, 0) is 17.6 Å². The molecule has 1 aromatic heterocycles. The Morgan fingerprint density at radius 1 is 1.14 bits per heavy atom. The predicted octanol–water partition coefficient (Wildman–Crippen LogP) is 3.94. The summed E-state index contributed by atoms with van der Waals surface area (Å²) in [7, 11) is 0. The van der Waals surface area contributed by atoms with Gasteiger partial charge in [-0.2, -0.15) is 0 Å². The number of amides is 1. The van der Waals surface area contributed by atoms with E-state index in [1.807, 2.05) is 6.92 Å². The van der Waals surface area contributed by atoms with E-state index in [2.05, 4.69) is 10.6 Å². The first-order chi connectivity index (χ1) is 13.5. The van der Waals surface area contributed by atoms with Crippen LogP contribution in [0.1, 0.15) is 51.4 Å². The number of ether oxygens (including phenoxy) is 2. The lowest BCUT2D eigenvalue weighted by molar-refractivity contribution is 0.0527.